The molecule has 9 aliphatic rings. The summed E-state index contributed by atoms with van der Waals surface area (Å²) in [6.07, 6.45) is -39.1. The Morgan fingerprint density at radius 1 is 0.616 bits per heavy atom. The second-order valence-electron chi connectivity index (χ2n) is 27.1. The van der Waals surface area contributed by atoms with E-state index in [1.54, 1.807) is 6.92 Å². The number of carbonyl (C=O) groups is 1. The summed E-state index contributed by atoms with van der Waals surface area (Å²) in [5.74, 6) is -0.861. The average molecular weight is 1260 g/mol. The summed E-state index contributed by atoms with van der Waals surface area (Å²) < 4.78 is 101. The molecule has 496 valence electrons. The maximum atomic E-state index is 13.2. The van der Waals surface area contributed by atoms with E-state index < -0.39 is 205 Å². The van der Waals surface area contributed by atoms with E-state index in [9.17, 15) is 84.1 Å². The van der Waals surface area contributed by atoms with Gasteiger partial charge in [-0.15, -0.1) is 0 Å². The number of ketones is 1. The van der Waals surface area contributed by atoms with Gasteiger partial charge in [-0.05, 0) is 120 Å². The average Bonchev–Trinajstić information content (AvgIpc) is 1.32. The van der Waals surface area contributed by atoms with Crippen LogP contribution >= 0.6 is 0 Å². The summed E-state index contributed by atoms with van der Waals surface area (Å²) in [6.45, 7) is 14.5. The van der Waals surface area contributed by atoms with Crippen LogP contribution in [0.2, 0.25) is 0 Å². The second kappa shape index (κ2) is 26.4. The topological polar surface area (TPSA) is 436 Å². The van der Waals surface area contributed by atoms with Crippen molar-refractivity contribution in [2.45, 2.75) is 291 Å². The molecule has 9 rings (SSSR count). The minimum Gasteiger partial charge on any atom is -0.394 e. The van der Waals surface area contributed by atoms with Gasteiger partial charge in [0.25, 0.3) is 0 Å². The van der Waals surface area contributed by atoms with Crippen LogP contribution in [0.25, 0.3) is 0 Å². The van der Waals surface area contributed by atoms with Gasteiger partial charge in [0, 0.05) is 12.8 Å². The molecule has 24 unspecified atom stereocenters. The lowest BCUT2D eigenvalue weighted by atomic mass is 9.47. The molecule has 0 radical (unpaired) electrons. The number of Topliss-reactive ketones (excluding diaryl/α,β-unsaturated/α-hetero) is 1. The summed E-state index contributed by atoms with van der Waals surface area (Å²) in [6, 6.07) is 0. The van der Waals surface area contributed by atoms with Gasteiger partial charge in [0.15, 0.2) is 31.5 Å². The number of hydrogen-bond acceptors (Lipinski definition) is 27. The minimum atomic E-state index is -4.90. The highest BCUT2D eigenvalue weighted by atomic mass is 32.3. The predicted octanol–water partition coefficient (Wildman–Crippen LogP) is -2.29. The largest absolute Gasteiger partial charge is 0.397 e. The van der Waals surface area contributed by atoms with Crippen molar-refractivity contribution in [3.63, 3.8) is 0 Å². The number of rotatable bonds is 18. The van der Waals surface area contributed by atoms with Crippen molar-refractivity contribution in [2.75, 3.05) is 6.61 Å². The molecule has 3 saturated carbocycles. The van der Waals surface area contributed by atoms with Crippen LogP contribution < -0.4 is 0 Å². The molecule has 0 aromatic heterocycles. The first kappa shape index (κ1) is 68.7. The van der Waals surface area contributed by atoms with Gasteiger partial charge < -0.3 is 114 Å². The van der Waals surface area contributed by atoms with E-state index >= 15 is 0 Å². The summed E-state index contributed by atoms with van der Waals surface area (Å²) in [7, 11) is -4.90. The van der Waals surface area contributed by atoms with Gasteiger partial charge in [-0.25, -0.2) is 4.18 Å². The van der Waals surface area contributed by atoms with E-state index in [0.29, 0.717) is 38.5 Å². The second-order valence-corrected chi connectivity index (χ2v) is 28.1. The van der Waals surface area contributed by atoms with Crippen molar-refractivity contribution in [1.82, 2.24) is 0 Å². The summed E-state index contributed by atoms with van der Waals surface area (Å²) >= 11 is 0. The molecule has 34 atom stereocenters. The summed E-state index contributed by atoms with van der Waals surface area (Å²) in [4.78, 5) is 13.2. The van der Waals surface area contributed by atoms with Gasteiger partial charge in [-0.2, -0.15) is 8.42 Å². The minimum absolute atomic E-state index is 0.00419. The predicted molar refractivity (Wildman–Crippen MR) is 290 cm³/mol. The van der Waals surface area contributed by atoms with Crippen LogP contribution in [0, 0.1) is 40.4 Å². The molecular weight excluding hydrogens is 1160 g/mol. The molecule has 5 heterocycles. The third kappa shape index (κ3) is 13.4. The Bertz CT molecular complexity index is 2460. The van der Waals surface area contributed by atoms with Crippen molar-refractivity contribution in [1.29, 1.82) is 0 Å². The zero-order valence-electron chi connectivity index (χ0n) is 50.0. The van der Waals surface area contributed by atoms with Crippen LogP contribution in [0.15, 0.2) is 11.6 Å². The van der Waals surface area contributed by atoms with Gasteiger partial charge in [-0.3, -0.25) is 9.35 Å². The number of ether oxygens (including phenoxy) is 10. The lowest BCUT2D eigenvalue weighted by Gasteiger charge is -2.60. The molecule has 29 heteroatoms. The summed E-state index contributed by atoms with van der Waals surface area (Å²) in [5, 5.41) is 147. The monoisotopic (exact) mass is 1260 g/mol. The Balaban J connectivity index is 1.00. The molecule has 8 fully saturated rings. The molecule has 0 spiro atoms. The van der Waals surface area contributed by atoms with E-state index in [4.69, 9.17) is 51.6 Å². The molecule has 0 aromatic carbocycles. The summed E-state index contributed by atoms with van der Waals surface area (Å²) in [5.41, 5.74) is -1.30. The molecule has 14 N–H and O–H groups in total. The number of aliphatic hydroxyl groups excluding tert-OH is 12. The molecule has 5 saturated heterocycles. The number of hydrogen-bond donors (Lipinski definition) is 14. The van der Waals surface area contributed by atoms with Gasteiger partial charge in [0.1, 0.15) is 103 Å². The first-order chi connectivity index (χ1) is 40.1. The van der Waals surface area contributed by atoms with Crippen molar-refractivity contribution in [2.24, 2.45) is 40.4 Å². The highest BCUT2D eigenvalue weighted by Gasteiger charge is 2.64. The van der Waals surface area contributed by atoms with Crippen LogP contribution in [0.1, 0.15) is 120 Å². The van der Waals surface area contributed by atoms with E-state index in [-0.39, 0.29) is 48.7 Å². The lowest BCUT2D eigenvalue weighted by molar-refractivity contribution is -0.408. The molecule has 0 aromatic rings. The van der Waals surface area contributed by atoms with Gasteiger partial charge in [0.05, 0.1) is 48.8 Å². The fraction of sp³-hybridized carbons (Fsp3) is 0.947. The first-order valence-corrected chi connectivity index (χ1v) is 31.7. The van der Waals surface area contributed by atoms with Crippen LogP contribution in [0.5, 0.6) is 0 Å². The molecule has 0 amide bonds. The number of fused-ring (bicyclic) bond motifs is 5. The standard InChI is InChI=1S/C57H94O28S/c1-21(2)16-26(59)19-57(9,71)34-11-10-29-28-18-32(31-17-27(85-86(72,73)74)12-14-55(31,7)30(28)13-15-56(29,34)8)79-52-45(70)47(38(63)25(6)77-52)82-54-49(84-51-43(68)40(65)36(61)23(4)76-51)44(69)46(33(20-58)80-54)81-53-48(41(66)37(62)24(5)78-53)83-50-42(67)39(64)35(60)22(3)75-50/h13,21-25,27-29,31-54,58,60-71H,10-12,14-20H2,1-9H3,(H,72,73,74)/t22?,23?,24?,25?,27?,28?,29?,31?,32?,33?,34?,35-,36+,37+,38+,39?,40?,41?,42?,43?,44?,45?,46+,47?,48?,49?,50-,51-,52?,53-,54?,55+,56-,57?/m0/s1. The molecule has 0 bridgehead atoms. The van der Waals surface area contributed by atoms with Crippen molar-refractivity contribution in [3.05, 3.63) is 11.6 Å². The maximum Gasteiger partial charge on any atom is 0.397 e. The molecular formula is C57H94O28S. The Kier molecular flexibility index (Phi) is 21.1. The SMILES string of the molecule is CC(C)CC(=O)CC(C)(O)C1CCC2C3CC(OC4OC(C)[C@@H](O)C(OC5OC(CO)[C@@H](O[C@@H]6OC(C)[C@@H](O)C(O)C6O[C@@H]6OC(C)[C@H](O)C(O)C6O)C(O)C5O[C@@H]5OC(C)[C@@H](O)C(O)C5O)C4O)C4CC(OS(=O)(=O)O)CC[C@]4(C)C3=CC[C@@]21C. The smallest absolute Gasteiger partial charge is 0.394 e. The van der Waals surface area contributed by atoms with Crippen LogP contribution in [0.4, 0.5) is 0 Å². The number of aliphatic hydroxyl groups is 13. The Morgan fingerprint density at radius 3 is 1.67 bits per heavy atom. The highest BCUT2D eigenvalue weighted by molar-refractivity contribution is 7.80. The fourth-order valence-corrected chi connectivity index (χ4v) is 16.5. The van der Waals surface area contributed by atoms with Gasteiger partial charge >= 0.3 is 10.4 Å². The molecule has 4 aliphatic carbocycles. The maximum absolute atomic E-state index is 13.2. The fourth-order valence-electron chi connectivity index (χ4n) is 16.0. The Hall–Kier alpha value is -1.64. The van der Waals surface area contributed by atoms with Gasteiger partial charge in [0.2, 0.25) is 0 Å². The van der Waals surface area contributed by atoms with Crippen LogP contribution in [0.3, 0.4) is 0 Å². The first-order valence-electron chi connectivity index (χ1n) is 30.3. The lowest BCUT2D eigenvalue weighted by Crippen LogP contribution is -2.68. The molecule has 28 nitrogen and oxygen atoms in total. The van der Waals surface area contributed by atoms with Crippen LogP contribution in [-0.4, -0.2) is 263 Å². The van der Waals surface area contributed by atoms with Gasteiger partial charge in [-0.1, -0.05) is 39.3 Å². The number of allylic oxidation sites excluding steroid dienone is 2. The molecule has 86 heavy (non-hydrogen) atoms. The van der Waals surface area contributed by atoms with E-state index in [1.807, 2.05) is 13.8 Å². The Morgan fingerprint density at radius 2 is 1.12 bits per heavy atom. The number of carbonyl (C=O) groups excluding carboxylic acids is 1. The van der Waals surface area contributed by atoms with Crippen molar-refractivity contribution in [3.8, 4) is 0 Å². The van der Waals surface area contributed by atoms with Crippen molar-refractivity contribution >= 4 is 16.2 Å². The van der Waals surface area contributed by atoms with E-state index in [1.165, 1.54) is 27.7 Å². The van der Waals surface area contributed by atoms with E-state index in [0.717, 1.165) is 5.57 Å². The zero-order valence-corrected chi connectivity index (χ0v) is 50.8. The zero-order chi connectivity index (χ0) is 63.2. The van der Waals surface area contributed by atoms with E-state index in [2.05, 4.69) is 19.9 Å². The molecule has 5 aliphatic heterocycles. The highest BCUT2D eigenvalue weighted by Crippen LogP contribution is 2.67. The normalized spacial score (nSPS) is 51.7. The third-order valence-electron chi connectivity index (χ3n) is 20.6. The third-order valence-corrected chi connectivity index (χ3v) is 21.1. The van der Waals surface area contributed by atoms with Crippen LogP contribution in [-0.2, 0) is 66.7 Å². The van der Waals surface area contributed by atoms with Crippen molar-refractivity contribution < 1.29 is 136 Å². The Labute approximate surface area is 500 Å². The quantitative estimate of drug-likeness (QED) is 0.0507.